The minimum Gasteiger partial charge on any atom is -0.480 e. The third kappa shape index (κ3) is 4.27. The number of nitrogens with zero attached hydrogens (tertiary/aromatic N) is 2. The SMILES string of the molecule is CC(C)N(CC(=O)O)Cc1csc(-c2ccccc2Cl)n1. The molecule has 0 fully saturated rings. The monoisotopic (exact) mass is 324 g/mol. The summed E-state index contributed by atoms with van der Waals surface area (Å²) in [5.41, 5.74) is 1.77. The van der Waals surface area contributed by atoms with E-state index < -0.39 is 5.97 Å². The smallest absolute Gasteiger partial charge is 0.317 e. The summed E-state index contributed by atoms with van der Waals surface area (Å²) in [7, 11) is 0. The van der Waals surface area contributed by atoms with E-state index in [-0.39, 0.29) is 12.6 Å². The molecule has 4 nitrogen and oxygen atoms in total. The molecule has 0 aliphatic heterocycles. The van der Waals surface area contributed by atoms with Gasteiger partial charge in [-0.1, -0.05) is 29.8 Å². The van der Waals surface area contributed by atoms with Crippen LogP contribution in [-0.2, 0) is 11.3 Å². The Balaban J connectivity index is 2.16. The van der Waals surface area contributed by atoms with Crippen molar-refractivity contribution in [3.63, 3.8) is 0 Å². The van der Waals surface area contributed by atoms with Gasteiger partial charge in [0.15, 0.2) is 0 Å². The largest absolute Gasteiger partial charge is 0.480 e. The molecule has 0 aliphatic carbocycles. The fraction of sp³-hybridized carbons (Fsp3) is 0.333. The minimum atomic E-state index is -0.828. The molecule has 6 heteroatoms. The van der Waals surface area contributed by atoms with Gasteiger partial charge in [0.05, 0.1) is 17.3 Å². The number of hydrogen-bond acceptors (Lipinski definition) is 4. The molecule has 0 atom stereocenters. The van der Waals surface area contributed by atoms with Crippen molar-refractivity contribution in [2.45, 2.75) is 26.4 Å². The van der Waals surface area contributed by atoms with Gasteiger partial charge in [-0.25, -0.2) is 4.98 Å². The quantitative estimate of drug-likeness (QED) is 0.879. The summed E-state index contributed by atoms with van der Waals surface area (Å²) < 4.78 is 0. The maximum atomic E-state index is 10.9. The standard InChI is InChI=1S/C15H17ClN2O2S/c1-10(2)18(8-14(19)20)7-11-9-21-15(17-11)12-5-3-4-6-13(12)16/h3-6,9-10H,7-8H2,1-2H3,(H,19,20). The summed E-state index contributed by atoms with van der Waals surface area (Å²) in [6.45, 7) is 4.48. The van der Waals surface area contributed by atoms with Crippen LogP contribution in [0.25, 0.3) is 10.6 Å². The Hall–Kier alpha value is -1.43. The Bertz CT molecular complexity index is 628. The van der Waals surface area contributed by atoms with E-state index in [9.17, 15) is 4.79 Å². The fourth-order valence-corrected chi connectivity index (χ4v) is 3.07. The molecular formula is C15H17ClN2O2S. The van der Waals surface area contributed by atoms with Crippen molar-refractivity contribution in [2.24, 2.45) is 0 Å². The first-order valence-electron chi connectivity index (χ1n) is 6.62. The number of rotatable bonds is 6. The first-order chi connectivity index (χ1) is 9.97. The van der Waals surface area contributed by atoms with E-state index in [1.54, 1.807) is 0 Å². The van der Waals surface area contributed by atoms with E-state index in [0.717, 1.165) is 16.3 Å². The molecular weight excluding hydrogens is 308 g/mol. The summed E-state index contributed by atoms with van der Waals surface area (Å²) >= 11 is 7.69. The molecule has 21 heavy (non-hydrogen) atoms. The molecule has 1 heterocycles. The van der Waals surface area contributed by atoms with Gasteiger partial charge in [0.25, 0.3) is 0 Å². The molecule has 0 saturated carbocycles. The van der Waals surface area contributed by atoms with Crippen LogP contribution in [0.5, 0.6) is 0 Å². The molecule has 0 radical (unpaired) electrons. The van der Waals surface area contributed by atoms with Crippen LogP contribution in [0.3, 0.4) is 0 Å². The van der Waals surface area contributed by atoms with Crippen molar-refractivity contribution in [2.75, 3.05) is 6.54 Å². The van der Waals surface area contributed by atoms with Gasteiger partial charge in [-0.2, -0.15) is 0 Å². The predicted octanol–water partition coefficient (Wildman–Crippen LogP) is 3.76. The average Bonchev–Trinajstić information content (AvgIpc) is 2.86. The number of carbonyl (C=O) groups is 1. The van der Waals surface area contributed by atoms with Gasteiger partial charge in [-0.3, -0.25) is 9.69 Å². The molecule has 0 aliphatic rings. The molecule has 0 unspecified atom stereocenters. The van der Waals surface area contributed by atoms with Crippen LogP contribution in [0, 0.1) is 0 Å². The molecule has 1 aromatic heterocycles. The van der Waals surface area contributed by atoms with Crippen LogP contribution >= 0.6 is 22.9 Å². The Kier molecular flexibility index (Phi) is 5.33. The highest BCUT2D eigenvalue weighted by Crippen LogP contribution is 2.30. The van der Waals surface area contributed by atoms with Crippen molar-refractivity contribution in [1.82, 2.24) is 9.88 Å². The van der Waals surface area contributed by atoms with E-state index in [2.05, 4.69) is 4.98 Å². The molecule has 1 aromatic carbocycles. The van der Waals surface area contributed by atoms with Crippen LogP contribution in [-0.4, -0.2) is 33.5 Å². The lowest BCUT2D eigenvalue weighted by molar-refractivity contribution is -0.138. The number of carboxylic acids is 1. The molecule has 2 aromatic rings. The molecule has 1 N–H and O–H groups in total. The number of benzene rings is 1. The number of carboxylic acid groups (broad SMARTS) is 1. The summed E-state index contributed by atoms with van der Waals surface area (Å²) in [5.74, 6) is -0.828. The topological polar surface area (TPSA) is 53.4 Å². The first-order valence-corrected chi connectivity index (χ1v) is 7.88. The van der Waals surface area contributed by atoms with Crippen LogP contribution < -0.4 is 0 Å². The van der Waals surface area contributed by atoms with Crippen molar-refractivity contribution in [3.8, 4) is 10.6 Å². The van der Waals surface area contributed by atoms with E-state index >= 15 is 0 Å². The maximum Gasteiger partial charge on any atom is 0.317 e. The maximum absolute atomic E-state index is 10.9. The van der Waals surface area contributed by atoms with E-state index in [0.29, 0.717) is 11.6 Å². The lowest BCUT2D eigenvalue weighted by Crippen LogP contribution is -2.35. The second-order valence-corrected chi connectivity index (χ2v) is 6.28. The normalized spacial score (nSPS) is 11.3. The summed E-state index contributed by atoms with van der Waals surface area (Å²) in [6.07, 6.45) is 0. The zero-order valence-corrected chi connectivity index (χ0v) is 13.5. The Morgan fingerprint density at radius 3 is 2.76 bits per heavy atom. The van der Waals surface area contributed by atoms with Crippen molar-refractivity contribution < 1.29 is 9.90 Å². The zero-order chi connectivity index (χ0) is 15.4. The highest BCUT2D eigenvalue weighted by atomic mass is 35.5. The minimum absolute atomic E-state index is 0.0105. The van der Waals surface area contributed by atoms with Crippen molar-refractivity contribution >= 4 is 28.9 Å². The first kappa shape index (κ1) is 15.9. The van der Waals surface area contributed by atoms with Gasteiger partial charge in [-0.05, 0) is 19.9 Å². The zero-order valence-electron chi connectivity index (χ0n) is 11.9. The molecule has 0 amide bonds. The summed E-state index contributed by atoms with van der Waals surface area (Å²) in [5, 5.41) is 12.4. The van der Waals surface area contributed by atoms with Gasteiger partial charge in [-0.15, -0.1) is 11.3 Å². The Morgan fingerprint density at radius 1 is 1.43 bits per heavy atom. The van der Waals surface area contributed by atoms with Crippen molar-refractivity contribution in [1.29, 1.82) is 0 Å². The van der Waals surface area contributed by atoms with Crippen molar-refractivity contribution in [3.05, 3.63) is 40.4 Å². The third-order valence-corrected chi connectivity index (χ3v) is 4.34. The Morgan fingerprint density at radius 2 is 2.14 bits per heavy atom. The molecule has 112 valence electrons. The number of hydrogen-bond donors (Lipinski definition) is 1. The van der Waals surface area contributed by atoms with Gasteiger partial charge in [0.1, 0.15) is 5.01 Å². The fourth-order valence-electron chi connectivity index (χ4n) is 1.94. The van der Waals surface area contributed by atoms with E-state index in [1.165, 1.54) is 11.3 Å². The lowest BCUT2D eigenvalue weighted by atomic mass is 10.2. The Labute approximate surface area is 133 Å². The number of thiazole rings is 1. The second kappa shape index (κ2) is 7.02. The number of aliphatic carboxylic acids is 1. The van der Waals surface area contributed by atoms with Crippen LogP contribution in [0.2, 0.25) is 5.02 Å². The van der Waals surface area contributed by atoms with Gasteiger partial charge >= 0.3 is 5.97 Å². The van der Waals surface area contributed by atoms with Gasteiger partial charge < -0.3 is 5.11 Å². The number of aromatic nitrogens is 1. The van der Waals surface area contributed by atoms with Gasteiger partial charge in [0.2, 0.25) is 0 Å². The lowest BCUT2D eigenvalue weighted by Gasteiger charge is -2.23. The second-order valence-electron chi connectivity index (χ2n) is 5.02. The van der Waals surface area contributed by atoms with Gasteiger partial charge in [0, 0.05) is 23.5 Å². The van der Waals surface area contributed by atoms with Crippen LogP contribution in [0.1, 0.15) is 19.5 Å². The molecule has 2 rings (SSSR count). The average molecular weight is 325 g/mol. The van der Waals surface area contributed by atoms with E-state index in [4.69, 9.17) is 16.7 Å². The highest BCUT2D eigenvalue weighted by molar-refractivity contribution is 7.13. The third-order valence-electron chi connectivity index (χ3n) is 3.09. The molecule has 0 spiro atoms. The van der Waals surface area contributed by atoms with Crippen LogP contribution in [0.15, 0.2) is 29.6 Å². The highest BCUT2D eigenvalue weighted by Gasteiger charge is 2.16. The summed E-state index contributed by atoms with van der Waals surface area (Å²) in [4.78, 5) is 17.3. The summed E-state index contributed by atoms with van der Waals surface area (Å²) in [6, 6.07) is 7.72. The molecule has 0 saturated heterocycles. The van der Waals surface area contributed by atoms with E-state index in [1.807, 2.05) is 48.4 Å². The molecule has 0 bridgehead atoms. The predicted molar refractivity (Wildman–Crippen MR) is 85.7 cm³/mol. The number of halogens is 1. The van der Waals surface area contributed by atoms with Crippen LogP contribution in [0.4, 0.5) is 0 Å².